The number of benzene rings is 1. The van der Waals surface area contributed by atoms with E-state index in [0.717, 1.165) is 0 Å². The molecule has 2 aromatic rings. The lowest BCUT2D eigenvalue weighted by molar-refractivity contribution is -0.146. The summed E-state index contributed by atoms with van der Waals surface area (Å²) in [7, 11) is 0. The molecule has 0 aliphatic carbocycles. The smallest absolute Gasteiger partial charge is 0.330 e. The van der Waals surface area contributed by atoms with Crippen molar-refractivity contribution in [1.82, 2.24) is 10.3 Å². The van der Waals surface area contributed by atoms with Gasteiger partial charge in [-0.2, -0.15) is 11.8 Å². The lowest BCUT2D eigenvalue weighted by atomic mass is 9.99. The lowest BCUT2D eigenvalue weighted by Gasteiger charge is -2.24. The number of nitrogens with one attached hydrogen (secondary N) is 1. The summed E-state index contributed by atoms with van der Waals surface area (Å²) in [4.78, 5) is 28.1. The molecular weight excluding hydrogens is 347 g/mol. The van der Waals surface area contributed by atoms with E-state index in [1.807, 2.05) is 0 Å². The number of oxazole rings is 1. The minimum absolute atomic E-state index is 0.0732. The van der Waals surface area contributed by atoms with Gasteiger partial charge in [0.25, 0.3) is 0 Å². The van der Waals surface area contributed by atoms with E-state index in [4.69, 9.17) is 4.42 Å². The summed E-state index contributed by atoms with van der Waals surface area (Å²) < 4.78 is 18.6. The lowest BCUT2D eigenvalue weighted by Crippen LogP contribution is -2.55. The van der Waals surface area contributed by atoms with E-state index in [1.165, 1.54) is 23.9 Å². The van der Waals surface area contributed by atoms with Crippen LogP contribution in [0.4, 0.5) is 4.39 Å². The Labute approximate surface area is 147 Å². The molecule has 1 amide bonds. The van der Waals surface area contributed by atoms with Gasteiger partial charge in [-0.15, -0.1) is 0 Å². The number of carboxylic acid groups (broad SMARTS) is 1. The van der Waals surface area contributed by atoms with Crippen molar-refractivity contribution in [3.05, 3.63) is 41.5 Å². The van der Waals surface area contributed by atoms with E-state index < -0.39 is 17.4 Å². The highest BCUT2D eigenvalue weighted by atomic mass is 32.2. The van der Waals surface area contributed by atoms with Crippen molar-refractivity contribution in [2.75, 3.05) is 11.5 Å². The van der Waals surface area contributed by atoms with E-state index in [-0.39, 0.29) is 12.2 Å². The van der Waals surface area contributed by atoms with Crippen LogP contribution in [0.1, 0.15) is 17.9 Å². The highest BCUT2D eigenvalue weighted by Gasteiger charge is 2.43. The Morgan fingerprint density at radius 3 is 2.72 bits per heavy atom. The van der Waals surface area contributed by atoms with Crippen LogP contribution in [0.5, 0.6) is 0 Å². The molecule has 6 nitrogen and oxygen atoms in total. The summed E-state index contributed by atoms with van der Waals surface area (Å²) in [5, 5.41) is 12.0. The van der Waals surface area contributed by atoms with Gasteiger partial charge < -0.3 is 14.8 Å². The molecule has 1 atom stereocenters. The molecule has 1 aliphatic rings. The van der Waals surface area contributed by atoms with Crippen molar-refractivity contribution in [3.63, 3.8) is 0 Å². The maximum absolute atomic E-state index is 13.0. The van der Waals surface area contributed by atoms with Crippen molar-refractivity contribution < 1.29 is 23.5 Å². The minimum Gasteiger partial charge on any atom is -0.479 e. The van der Waals surface area contributed by atoms with Crippen LogP contribution in [0.15, 0.2) is 28.7 Å². The van der Waals surface area contributed by atoms with Crippen molar-refractivity contribution >= 4 is 23.6 Å². The molecule has 0 radical (unpaired) electrons. The molecule has 2 N–H and O–H groups in total. The van der Waals surface area contributed by atoms with E-state index in [2.05, 4.69) is 10.3 Å². The number of carboxylic acids is 1. The number of aliphatic carboxylic acids is 1. The molecule has 8 heteroatoms. The van der Waals surface area contributed by atoms with Gasteiger partial charge in [0, 0.05) is 11.3 Å². The SMILES string of the molecule is Cc1oc(-c2ccc(F)cc2)nc1CC(=O)NC1(C(=O)O)CCSC1. The molecule has 1 saturated heterocycles. The number of carbonyl (C=O) groups excluding carboxylic acids is 1. The van der Waals surface area contributed by atoms with Crippen LogP contribution in [-0.4, -0.2) is 39.0 Å². The first-order valence-corrected chi connectivity index (χ1v) is 8.89. The number of rotatable bonds is 5. The van der Waals surface area contributed by atoms with Crippen LogP contribution in [0, 0.1) is 12.7 Å². The van der Waals surface area contributed by atoms with Crippen LogP contribution in [0.2, 0.25) is 0 Å². The average Bonchev–Trinajstić information content (AvgIpc) is 3.16. The Balaban J connectivity index is 1.73. The predicted octanol–water partition coefficient (Wildman–Crippen LogP) is 2.41. The quantitative estimate of drug-likeness (QED) is 0.846. The second kappa shape index (κ2) is 6.87. The molecule has 0 bridgehead atoms. The van der Waals surface area contributed by atoms with Crippen LogP contribution in [-0.2, 0) is 16.0 Å². The van der Waals surface area contributed by atoms with Crippen LogP contribution in [0.3, 0.4) is 0 Å². The summed E-state index contributed by atoms with van der Waals surface area (Å²) in [5.41, 5.74) is -0.174. The van der Waals surface area contributed by atoms with Gasteiger partial charge in [-0.05, 0) is 43.4 Å². The summed E-state index contributed by atoms with van der Waals surface area (Å²) >= 11 is 1.50. The van der Waals surface area contributed by atoms with Crippen molar-refractivity contribution in [2.24, 2.45) is 0 Å². The van der Waals surface area contributed by atoms with Crippen LogP contribution in [0.25, 0.3) is 11.5 Å². The fourth-order valence-corrected chi connectivity index (χ4v) is 3.98. The van der Waals surface area contributed by atoms with E-state index in [1.54, 1.807) is 19.1 Å². The number of hydrogen-bond donors (Lipinski definition) is 2. The number of aryl methyl sites for hydroxylation is 1. The summed E-state index contributed by atoms with van der Waals surface area (Å²) in [6.07, 6.45) is 0.327. The van der Waals surface area contributed by atoms with Crippen molar-refractivity contribution in [2.45, 2.75) is 25.3 Å². The molecule has 132 valence electrons. The molecule has 1 aromatic carbocycles. The molecule has 1 unspecified atom stereocenters. The number of nitrogens with zero attached hydrogens (tertiary/aromatic N) is 1. The Morgan fingerprint density at radius 2 is 2.12 bits per heavy atom. The third-order valence-electron chi connectivity index (χ3n) is 4.12. The summed E-state index contributed by atoms with van der Waals surface area (Å²) in [5.74, 6) is 0.0304. The third-order valence-corrected chi connectivity index (χ3v) is 5.31. The molecule has 1 fully saturated rings. The van der Waals surface area contributed by atoms with Gasteiger partial charge in [-0.1, -0.05) is 0 Å². The molecular formula is C17H17FN2O4S. The topological polar surface area (TPSA) is 92.4 Å². The third kappa shape index (κ3) is 3.68. The number of thioether (sulfide) groups is 1. The number of hydrogen-bond acceptors (Lipinski definition) is 5. The maximum atomic E-state index is 13.0. The molecule has 0 saturated carbocycles. The second-order valence-electron chi connectivity index (χ2n) is 5.94. The Hall–Kier alpha value is -2.35. The predicted molar refractivity (Wildman–Crippen MR) is 90.8 cm³/mol. The summed E-state index contributed by atoms with van der Waals surface area (Å²) in [6, 6.07) is 5.69. The summed E-state index contributed by atoms with van der Waals surface area (Å²) in [6.45, 7) is 1.68. The minimum atomic E-state index is -1.21. The number of aromatic nitrogens is 1. The van der Waals surface area contributed by atoms with E-state index in [9.17, 15) is 19.1 Å². The van der Waals surface area contributed by atoms with Crippen LogP contribution >= 0.6 is 11.8 Å². The van der Waals surface area contributed by atoms with E-state index in [0.29, 0.717) is 40.8 Å². The molecule has 0 spiro atoms. The zero-order chi connectivity index (χ0) is 18.0. The number of amides is 1. The molecule has 25 heavy (non-hydrogen) atoms. The number of carbonyl (C=O) groups is 2. The second-order valence-corrected chi connectivity index (χ2v) is 7.05. The normalized spacial score (nSPS) is 19.8. The maximum Gasteiger partial charge on any atom is 0.330 e. The molecule has 3 rings (SSSR count). The zero-order valence-electron chi connectivity index (χ0n) is 13.5. The highest BCUT2D eigenvalue weighted by Crippen LogP contribution is 2.28. The highest BCUT2D eigenvalue weighted by molar-refractivity contribution is 7.99. The van der Waals surface area contributed by atoms with Gasteiger partial charge in [0.2, 0.25) is 11.8 Å². The average molecular weight is 364 g/mol. The van der Waals surface area contributed by atoms with Gasteiger partial charge in [-0.25, -0.2) is 14.2 Å². The number of halogens is 1. The van der Waals surface area contributed by atoms with Gasteiger partial charge in [0.15, 0.2) is 0 Å². The van der Waals surface area contributed by atoms with Gasteiger partial charge in [-0.3, -0.25) is 4.79 Å². The first-order chi connectivity index (χ1) is 11.9. The molecule has 2 heterocycles. The van der Waals surface area contributed by atoms with Crippen LogP contribution < -0.4 is 5.32 Å². The molecule has 1 aromatic heterocycles. The van der Waals surface area contributed by atoms with Crippen molar-refractivity contribution in [3.8, 4) is 11.5 Å². The zero-order valence-corrected chi connectivity index (χ0v) is 14.4. The Bertz CT molecular complexity index is 797. The fourth-order valence-electron chi connectivity index (χ4n) is 2.66. The van der Waals surface area contributed by atoms with Gasteiger partial charge >= 0.3 is 5.97 Å². The first kappa shape index (κ1) is 17.5. The van der Waals surface area contributed by atoms with Gasteiger partial charge in [0.05, 0.1) is 12.1 Å². The van der Waals surface area contributed by atoms with E-state index >= 15 is 0 Å². The first-order valence-electron chi connectivity index (χ1n) is 7.74. The fraction of sp³-hybridized carbons (Fsp3) is 0.353. The standard InChI is InChI=1S/C17H17FN2O4S/c1-10-13(19-15(24-10)11-2-4-12(18)5-3-11)8-14(21)20-17(16(22)23)6-7-25-9-17/h2-5H,6-9H2,1H3,(H,20,21)(H,22,23). The molecule has 1 aliphatic heterocycles. The Morgan fingerprint density at radius 1 is 1.40 bits per heavy atom. The Kier molecular flexibility index (Phi) is 4.80. The largest absolute Gasteiger partial charge is 0.479 e. The monoisotopic (exact) mass is 364 g/mol. The van der Waals surface area contributed by atoms with Crippen molar-refractivity contribution in [1.29, 1.82) is 0 Å². The van der Waals surface area contributed by atoms with Gasteiger partial charge in [0.1, 0.15) is 17.1 Å².